The van der Waals surface area contributed by atoms with Gasteiger partial charge in [-0.05, 0) is 50.6 Å². The van der Waals surface area contributed by atoms with Crippen LogP contribution in [0.15, 0.2) is 48.5 Å². The number of phenolic OH excluding ortho intramolecular Hbond substituents is 2. The van der Waals surface area contributed by atoms with Crippen LogP contribution in [0.4, 0.5) is 4.79 Å². The van der Waals surface area contributed by atoms with Crippen molar-refractivity contribution in [3.8, 4) is 11.5 Å². The number of amides is 1. The molecule has 34 heavy (non-hydrogen) atoms. The summed E-state index contributed by atoms with van der Waals surface area (Å²) >= 11 is 0. The highest BCUT2D eigenvalue weighted by Crippen LogP contribution is 2.27. The zero-order chi connectivity index (χ0) is 25.4. The second-order valence-corrected chi connectivity index (χ2v) is 8.48. The maximum atomic E-state index is 12.7. The van der Waals surface area contributed by atoms with Crippen molar-refractivity contribution in [2.24, 2.45) is 0 Å². The zero-order valence-corrected chi connectivity index (χ0v) is 19.2. The Morgan fingerprint density at radius 3 is 2.18 bits per heavy atom. The first-order valence-corrected chi connectivity index (χ1v) is 10.5. The van der Waals surface area contributed by atoms with Crippen molar-refractivity contribution >= 4 is 18.0 Å². The molecule has 10 nitrogen and oxygen atoms in total. The maximum absolute atomic E-state index is 12.7. The fourth-order valence-electron chi connectivity index (χ4n) is 2.78. The number of hydrogen-bond acceptors (Lipinski definition) is 9. The van der Waals surface area contributed by atoms with Crippen LogP contribution in [0.25, 0.3) is 0 Å². The second-order valence-electron chi connectivity index (χ2n) is 8.48. The minimum Gasteiger partial charge on any atom is -0.504 e. The molecule has 2 aromatic rings. The molecule has 0 saturated heterocycles. The van der Waals surface area contributed by atoms with Gasteiger partial charge in [-0.2, -0.15) is 0 Å². The minimum absolute atomic E-state index is 0.0369. The lowest BCUT2D eigenvalue weighted by molar-refractivity contribution is -0.169. The average Bonchev–Trinajstić information content (AvgIpc) is 2.75. The molecule has 0 aliphatic carbocycles. The normalized spacial score (nSPS) is 12.8. The molecule has 1 atom stereocenters. The monoisotopic (exact) mass is 475 g/mol. The first-order valence-electron chi connectivity index (χ1n) is 10.5. The Morgan fingerprint density at radius 1 is 0.912 bits per heavy atom. The molecule has 0 radical (unpaired) electrons. The Kier molecular flexibility index (Phi) is 8.85. The lowest BCUT2D eigenvalue weighted by atomic mass is 10.0. The van der Waals surface area contributed by atoms with Crippen molar-refractivity contribution in [3.63, 3.8) is 0 Å². The van der Waals surface area contributed by atoms with Crippen LogP contribution in [0.2, 0.25) is 0 Å². The van der Waals surface area contributed by atoms with Crippen LogP contribution >= 0.6 is 0 Å². The molecule has 2 rings (SSSR count). The van der Waals surface area contributed by atoms with E-state index in [-0.39, 0.29) is 30.9 Å². The van der Waals surface area contributed by atoms with E-state index in [9.17, 15) is 29.7 Å². The maximum Gasteiger partial charge on any atom is 0.410 e. The Balaban J connectivity index is 1.99. The number of aromatic hydroxyl groups is 2. The quantitative estimate of drug-likeness (QED) is 0.141. The number of alkyl carbamates (subject to hydrolysis) is 1. The van der Waals surface area contributed by atoms with E-state index in [4.69, 9.17) is 14.2 Å². The molecular weight excluding hydrogens is 446 g/mol. The summed E-state index contributed by atoms with van der Waals surface area (Å²) in [5.41, 5.74) is -2.82. The molecule has 0 aliphatic heterocycles. The van der Waals surface area contributed by atoms with Crippen molar-refractivity contribution in [1.29, 1.82) is 0 Å². The van der Waals surface area contributed by atoms with Crippen LogP contribution in [0.5, 0.6) is 11.5 Å². The summed E-state index contributed by atoms with van der Waals surface area (Å²) in [6.45, 7) is 4.58. The number of carbonyl (C=O) groups is 3. The fourth-order valence-corrected chi connectivity index (χ4v) is 2.78. The molecule has 0 spiro atoms. The van der Waals surface area contributed by atoms with E-state index < -0.39 is 41.5 Å². The number of benzene rings is 2. The molecule has 10 heteroatoms. The van der Waals surface area contributed by atoms with Gasteiger partial charge in [0.15, 0.2) is 11.5 Å². The van der Waals surface area contributed by atoms with E-state index in [1.807, 2.05) is 0 Å². The lowest BCUT2D eigenvalue weighted by Crippen LogP contribution is -2.57. The van der Waals surface area contributed by atoms with Crippen LogP contribution in [0.1, 0.15) is 43.1 Å². The first-order chi connectivity index (χ1) is 15.9. The van der Waals surface area contributed by atoms with Gasteiger partial charge in [0.2, 0.25) is 5.72 Å². The van der Waals surface area contributed by atoms with Gasteiger partial charge >= 0.3 is 18.0 Å². The third kappa shape index (κ3) is 8.28. The van der Waals surface area contributed by atoms with Crippen molar-refractivity contribution in [1.82, 2.24) is 5.32 Å². The molecule has 1 amide bonds. The fraction of sp³-hybridized carbons (Fsp3) is 0.375. The van der Waals surface area contributed by atoms with Gasteiger partial charge in [-0.25, -0.2) is 14.4 Å². The standard InChI is InChI=1S/C24H29NO9/c1-23(2,3)34-22(30)25-24(31,15-16-10-11-18(26)19(27)14-16)21(29)33-13-7-12-32-20(28)17-8-5-4-6-9-17/h4-6,8-11,14,26-27,31H,7,12-13,15H2,1-3H3,(H,25,30)/t24-/m0/s1. The minimum atomic E-state index is -2.54. The van der Waals surface area contributed by atoms with Gasteiger partial charge in [-0.15, -0.1) is 0 Å². The van der Waals surface area contributed by atoms with Crippen molar-refractivity contribution in [2.75, 3.05) is 13.2 Å². The van der Waals surface area contributed by atoms with Gasteiger partial charge in [-0.1, -0.05) is 24.3 Å². The topological polar surface area (TPSA) is 152 Å². The summed E-state index contributed by atoms with van der Waals surface area (Å²) < 4.78 is 15.3. The molecule has 4 N–H and O–H groups in total. The highest BCUT2D eigenvalue weighted by Gasteiger charge is 2.41. The molecule has 0 aliphatic rings. The van der Waals surface area contributed by atoms with Gasteiger partial charge in [0.1, 0.15) is 5.60 Å². The Labute approximate surface area is 197 Å². The highest BCUT2D eigenvalue weighted by molar-refractivity contribution is 5.89. The largest absolute Gasteiger partial charge is 0.504 e. The van der Waals surface area contributed by atoms with Crippen molar-refractivity contribution in [3.05, 3.63) is 59.7 Å². The summed E-state index contributed by atoms with van der Waals surface area (Å²) in [4.78, 5) is 36.8. The molecule has 0 heterocycles. The number of nitrogens with one attached hydrogen (secondary N) is 1. The molecule has 0 saturated carbocycles. The van der Waals surface area contributed by atoms with Gasteiger partial charge in [-0.3, -0.25) is 5.32 Å². The molecule has 2 aromatic carbocycles. The van der Waals surface area contributed by atoms with Crippen molar-refractivity contribution in [2.45, 2.75) is 44.9 Å². The van der Waals surface area contributed by atoms with E-state index in [0.29, 0.717) is 5.56 Å². The number of hydrogen-bond donors (Lipinski definition) is 4. The number of phenols is 2. The van der Waals surface area contributed by atoms with Crippen LogP contribution in [0, 0.1) is 0 Å². The summed E-state index contributed by atoms with van der Waals surface area (Å²) in [5.74, 6) is -2.56. The van der Waals surface area contributed by atoms with Gasteiger partial charge in [0.05, 0.1) is 18.8 Å². The third-order valence-electron chi connectivity index (χ3n) is 4.31. The van der Waals surface area contributed by atoms with Crippen LogP contribution in [-0.2, 0) is 25.4 Å². The summed E-state index contributed by atoms with van der Waals surface area (Å²) in [5, 5.41) is 32.2. The van der Waals surface area contributed by atoms with Gasteiger partial charge in [0.25, 0.3) is 0 Å². The van der Waals surface area contributed by atoms with Gasteiger partial charge < -0.3 is 29.5 Å². The Hall–Kier alpha value is -3.79. The SMILES string of the molecule is CC(C)(C)OC(=O)N[C@](O)(Cc1ccc(O)c(O)c1)C(=O)OCCCOC(=O)c1ccccc1. The summed E-state index contributed by atoms with van der Waals surface area (Å²) in [6.07, 6.45) is -1.40. The number of esters is 2. The molecule has 0 fully saturated rings. The van der Waals surface area contributed by atoms with Crippen molar-refractivity contribution < 1.29 is 43.9 Å². The highest BCUT2D eigenvalue weighted by atomic mass is 16.6. The number of ether oxygens (including phenoxy) is 3. The predicted octanol–water partition coefficient (Wildman–Crippen LogP) is 2.64. The predicted molar refractivity (Wildman–Crippen MR) is 120 cm³/mol. The number of rotatable bonds is 9. The molecule has 184 valence electrons. The summed E-state index contributed by atoms with van der Waals surface area (Å²) in [7, 11) is 0. The first kappa shape index (κ1) is 26.5. The smallest absolute Gasteiger partial charge is 0.410 e. The van der Waals surface area contributed by atoms with E-state index in [0.717, 1.165) is 6.07 Å². The van der Waals surface area contributed by atoms with Crippen LogP contribution in [0.3, 0.4) is 0 Å². The Bertz CT molecular complexity index is 1000. The van der Waals surface area contributed by atoms with E-state index in [2.05, 4.69) is 5.32 Å². The molecule has 0 bridgehead atoms. The van der Waals surface area contributed by atoms with Crippen LogP contribution in [-0.4, -0.2) is 57.9 Å². The lowest BCUT2D eigenvalue weighted by Gasteiger charge is -2.29. The van der Waals surface area contributed by atoms with E-state index in [1.54, 1.807) is 51.1 Å². The second kappa shape index (κ2) is 11.4. The van der Waals surface area contributed by atoms with E-state index >= 15 is 0 Å². The average molecular weight is 475 g/mol. The zero-order valence-electron chi connectivity index (χ0n) is 19.2. The van der Waals surface area contributed by atoms with Gasteiger partial charge in [0, 0.05) is 12.8 Å². The molecule has 0 aromatic heterocycles. The molecular formula is C24H29NO9. The molecule has 0 unspecified atom stereocenters. The number of aliphatic hydroxyl groups is 1. The summed E-state index contributed by atoms with van der Waals surface area (Å²) in [6, 6.07) is 12.0. The third-order valence-corrected chi connectivity index (χ3v) is 4.31. The number of carbonyl (C=O) groups excluding carboxylic acids is 3. The Morgan fingerprint density at radius 2 is 1.56 bits per heavy atom. The van der Waals surface area contributed by atoms with E-state index in [1.165, 1.54) is 12.1 Å². The van der Waals surface area contributed by atoms with Crippen LogP contribution < -0.4 is 5.32 Å².